The topological polar surface area (TPSA) is 69.6 Å². The second-order valence-corrected chi connectivity index (χ2v) is 4.07. The summed E-state index contributed by atoms with van der Waals surface area (Å²) in [6.45, 7) is 2.18. The molecule has 1 aromatic rings. The molecule has 6 heteroatoms. The standard InChI is InChI=1S/C12H15ClN2O3/c1-3-15(7-11(17)14-2)12(18)8-4-5-10(16)9(13)6-8/h4-6,16H,3,7H2,1-2H3,(H,14,17). The molecule has 0 bridgehead atoms. The summed E-state index contributed by atoms with van der Waals surface area (Å²) in [6, 6.07) is 4.20. The molecule has 0 saturated carbocycles. The fraction of sp³-hybridized carbons (Fsp3) is 0.333. The number of halogens is 1. The average molecular weight is 271 g/mol. The Balaban J connectivity index is 2.89. The van der Waals surface area contributed by atoms with Gasteiger partial charge < -0.3 is 15.3 Å². The van der Waals surface area contributed by atoms with Gasteiger partial charge in [0.15, 0.2) is 0 Å². The van der Waals surface area contributed by atoms with Crippen LogP contribution in [0.5, 0.6) is 5.75 Å². The van der Waals surface area contributed by atoms with Gasteiger partial charge in [-0.05, 0) is 25.1 Å². The van der Waals surface area contributed by atoms with Gasteiger partial charge in [-0.3, -0.25) is 9.59 Å². The molecule has 0 aliphatic rings. The van der Waals surface area contributed by atoms with Gasteiger partial charge in [0.2, 0.25) is 5.91 Å². The predicted octanol–water partition coefficient (Wildman–Crippen LogP) is 1.25. The number of aromatic hydroxyl groups is 1. The Hall–Kier alpha value is -1.75. The summed E-state index contributed by atoms with van der Waals surface area (Å²) in [7, 11) is 1.51. The highest BCUT2D eigenvalue weighted by Crippen LogP contribution is 2.24. The van der Waals surface area contributed by atoms with E-state index in [0.717, 1.165) is 0 Å². The minimum atomic E-state index is -0.303. The molecule has 0 aromatic heterocycles. The first kappa shape index (κ1) is 14.3. The molecule has 0 unspecified atom stereocenters. The van der Waals surface area contributed by atoms with Crippen molar-refractivity contribution in [2.75, 3.05) is 20.1 Å². The summed E-state index contributed by atoms with van der Waals surface area (Å²) >= 11 is 5.74. The molecule has 1 rings (SSSR count). The van der Waals surface area contributed by atoms with E-state index in [-0.39, 0.29) is 29.1 Å². The summed E-state index contributed by atoms with van der Waals surface area (Å²) in [4.78, 5) is 24.8. The van der Waals surface area contributed by atoms with Crippen LogP contribution < -0.4 is 5.32 Å². The van der Waals surface area contributed by atoms with E-state index in [9.17, 15) is 14.7 Å². The van der Waals surface area contributed by atoms with Crippen LogP contribution in [0, 0.1) is 0 Å². The van der Waals surface area contributed by atoms with Gasteiger partial charge in [0.1, 0.15) is 5.75 Å². The molecule has 98 valence electrons. The van der Waals surface area contributed by atoms with Gasteiger partial charge in [0, 0.05) is 19.2 Å². The van der Waals surface area contributed by atoms with Crippen molar-refractivity contribution in [1.82, 2.24) is 10.2 Å². The number of nitrogens with one attached hydrogen (secondary N) is 1. The van der Waals surface area contributed by atoms with Crippen LogP contribution in [0.25, 0.3) is 0 Å². The third-order valence-electron chi connectivity index (χ3n) is 2.48. The highest BCUT2D eigenvalue weighted by atomic mass is 35.5. The molecule has 0 fully saturated rings. The first-order valence-corrected chi connectivity index (χ1v) is 5.85. The quantitative estimate of drug-likeness (QED) is 0.865. The summed E-state index contributed by atoms with van der Waals surface area (Å²) < 4.78 is 0. The molecule has 0 atom stereocenters. The number of nitrogens with zero attached hydrogens (tertiary/aromatic N) is 1. The van der Waals surface area contributed by atoms with E-state index in [2.05, 4.69) is 5.32 Å². The molecule has 5 nitrogen and oxygen atoms in total. The largest absolute Gasteiger partial charge is 0.506 e. The van der Waals surface area contributed by atoms with E-state index in [4.69, 9.17) is 11.6 Å². The van der Waals surface area contributed by atoms with Crippen molar-refractivity contribution < 1.29 is 14.7 Å². The number of phenols is 1. The average Bonchev–Trinajstić information content (AvgIpc) is 2.38. The third-order valence-corrected chi connectivity index (χ3v) is 2.78. The Morgan fingerprint density at radius 1 is 1.44 bits per heavy atom. The maximum atomic E-state index is 12.1. The fourth-order valence-corrected chi connectivity index (χ4v) is 1.58. The van der Waals surface area contributed by atoms with Crippen molar-refractivity contribution in [3.05, 3.63) is 28.8 Å². The van der Waals surface area contributed by atoms with E-state index < -0.39 is 0 Å². The smallest absolute Gasteiger partial charge is 0.254 e. The molecule has 0 saturated heterocycles. The van der Waals surface area contributed by atoms with Gasteiger partial charge in [-0.1, -0.05) is 11.6 Å². The van der Waals surface area contributed by atoms with Gasteiger partial charge in [-0.2, -0.15) is 0 Å². The number of hydrogen-bond acceptors (Lipinski definition) is 3. The minimum absolute atomic E-state index is 0.00959. The van der Waals surface area contributed by atoms with Gasteiger partial charge in [0.25, 0.3) is 5.91 Å². The van der Waals surface area contributed by atoms with Crippen LogP contribution in [0.2, 0.25) is 5.02 Å². The Bertz CT molecular complexity index is 463. The lowest BCUT2D eigenvalue weighted by Crippen LogP contribution is -2.39. The molecular weight excluding hydrogens is 256 g/mol. The maximum absolute atomic E-state index is 12.1. The number of amides is 2. The minimum Gasteiger partial charge on any atom is -0.506 e. The van der Waals surface area contributed by atoms with Crippen LogP contribution >= 0.6 is 11.6 Å². The van der Waals surface area contributed by atoms with Crippen LogP contribution in [0.4, 0.5) is 0 Å². The first-order valence-electron chi connectivity index (χ1n) is 5.48. The molecule has 0 aliphatic heterocycles. The zero-order valence-electron chi connectivity index (χ0n) is 10.2. The summed E-state index contributed by atoms with van der Waals surface area (Å²) in [5.74, 6) is -0.624. The summed E-state index contributed by atoms with van der Waals surface area (Å²) in [5, 5.41) is 11.8. The van der Waals surface area contributed by atoms with Crippen molar-refractivity contribution in [1.29, 1.82) is 0 Å². The highest BCUT2D eigenvalue weighted by Gasteiger charge is 2.17. The number of hydrogen-bond donors (Lipinski definition) is 2. The Morgan fingerprint density at radius 2 is 2.11 bits per heavy atom. The molecule has 2 amide bonds. The zero-order chi connectivity index (χ0) is 13.7. The molecule has 1 aromatic carbocycles. The molecule has 18 heavy (non-hydrogen) atoms. The second-order valence-electron chi connectivity index (χ2n) is 3.66. The van der Waals surface area contributed by atoms with Gasteiger partial charge >= 0.3 is 0 Å². The highest BCUT2D eigenvalue weighted by molar-refractivity contribution is 6.32. The number of rotatable bonds is 4. The van der Waals surface area contributed by atoms with E-state index >= 15 is 0 Å². The lowest BCUT2D eigenvalue weighted by Gasteiger charge is -2.20. The predicted molar refractivity (Wildman–Crippen MR) is 68.8 cm³/mol. The Labute approximate surface area is 110 Å². The van der Waals surface area contributed by atoms with E-state index in [1.54, 1.807) is 6.92 Å². The number of benzene rings is 1. The van der Waals surface area contributed by atoms with E-state index in [1.165, 1.54) is 30.1 Å². The van der Waals surface area contributed by atoms with Crippen molar-refractivity contribution in [3.63, 3.8) is 0 Å². The van der Waals surface area contributed by atoms with Crippen LogP contribution in [-0.4, -0.2) is 42.0 Å². The Morgan fingerprint density at radius 3 is 2.61 bits per heavy atom. The monoisotopic (exact) mass is 270 g/mol. The lowest BCUT2D eigenvalue weighted by atomic mass is 10.2. The second kappa shape index (κ2) is 6.26. The summed E-state index contributed by atoms with van der Waals surface area (Å²) in [5.41, 5.74) is 0.337. The lowest BCUT2D eigenvalue weighted by molar-refractivity contribution is -0.121. The third kappa shape index (κ3) is 3.37. The molecule has 0 aliphatic carbocycles. The van der Waals surface area contributed by atoms with Crippen molar-refractivity contribution in [2.45, 2.75) is 6.92 Å². The van der Waals surface area contributed by atoms with Crippen LogP contribution in [-0.2, 0) is 4.79 Å². The van der Waals surface area contributed by atoms with Gasteiger partial charge in [0.05, 0.1) is 11.6 Å². The van der Waals surface area contributed by atoms with Crippen LogP contribution in [0.1, 0.15) is 17.3 Å². The fourth-order valence-electron chi connectivity index (χ4n) is 1.40. The number of phenolic OH excluding ortho intramolecular Hbond substituents is 1. The van der Waals surface area contributed by atoms with Crippen molar-refractivity contribution >= 4 is 23.4 Å². The van der Waals surface area contributed by atoms with E-state index in [1.807, 2.05) is 0 Å². The number of carbonyl (C=O) groups is 2. The molecule has 0 heterocycles. The van der Waals surface area contributed by atoms with Crippen LogP contribution in [0.15, 0.2) is 18.2 Å². The SMILES string of the molecule is CCN(CC(=O)NC)C(=O)c1ccc(O)c(Cl)c1. The molecule has 2 N–H and O–H groups in total. The number of likely N-dealkylation sites (N-methyl/N-ethyl adjacent to an activating group) is 2. The molecular formula is C12H15ClN2O3. The number of carbonyl (C=O) groups excluding carboxylic acids is 2. The van der Waals surface area contributed by atoms with E-state index in [0.29, 0.717) is 12.1 Å². The molecule has 0 radical (unpaired) electrons. The normalized spacial score (nSPS) is 9.94. The van der Waals surface area contributed by atoms with Gasteiger partial charge in [-0.25, -0.2) is 0 Å². The van der Waals surface area contributed by atoms with Crippen LogP contribution in [0.3, 0.4) is 0 Å². The van der Waals surface area contributed by atoms with Crippen molar-refractivity contribution in [2.24, 2.45) is 0 Å². The molecule has 0 spiro atoms. The summed E-state index contributed by atoms with van der Waals surface area (Å²) in [6.07, 6.45) is 0. The Kier molecular flexibility index (Phi) is 4.97. The van der Waals surface area contributed by atoms with Crippen molar-refractivity contribution in [3.8, 4) is 5.75 Å². The zero-order valence-corrected chi connectivity index (χ0v) is 11.0. The first-order chi connectivity index (χ1) is 8.49. The maximum Gasteiger partial charge on any atom is 0.254 e. The van der Waals surface area contributed by atoms with Gasteiger partial charge in [-0.15, -0.1) is 0 Å².